The standard InChI is InChI=1S/C12H10FNO3/c13-9-5-8(4-7(6-14)10(9)15)12(11(16)17)2-1-3-12/h4-5,15H,1-3H2,(H,16,17). The molecule has 0 amide bonds. The number of halogens is 1. The van der Waals surface area contributed by atoms with Crippen molar-refractivity contribution in [1.82, 2.24) is 0 Å². The van der Waals surface area contributed by atoms with Crippen LogP contribution in [0.15, 0.2) is 12.1 Å². The number of phenolic OH excluding ortho intramolecular Hbond substituents is 1. The molecule has 2 rings (SSSR count). The molecule has 0 aliphatic heterocycles. The van der Waals surface area contributed by atoms with Crippen molar-refractivity contribution in [2.24, 2.45) is 0 Å². The van der Waals surface area contributed by atoms with E-state index in [4.69, 9.17) is 5.26 Å². The summed E-state index contributed by atoms with van der Waals surface area (Å²) in [5.74, 6) is -2.69. The summed E-state index contributed by atoms with van der Waals surface area (Å²) < 4.78 is 13.4. The van der Waals surface area contributed by atoms with Crippen molar-refractivity contribution >= 4 is 5.97 Å². The van der Waals surface area contributed by atoms with Gasteiger partial charge in [0.1, 0.15) is 6.07 Å². The van der Waals surface area contributed by atoms with Crippen LogP contribution in [0.1, 0.15) is 30.4 Å². The lowest BCUT2D eigenvalue weighted by Crippen LogP contribution is -2.42. The fraction of sp³-hybridized carbons (Fsp3) is 0.333. The van der Waals surface area contributed by atoms with Gasteiger partial charge in [0.2, 0.25) is 0 Å². The van der Waals surface area contributed by atoms with E-state index in [1.165, 1.54) is 6.07 Å². The zero-order chi connectivity index (χ0) is 12.6. The predicted octanol–water partition coefficient (Wildman–Crippen LogP) is 1.91. The minimum Gasteiger partial charge on any atom is -0.504 e. The highest BCUT2D eigenvalue weighted by molar-refractivity contribution is 5.83. The predicted molar refractivity (Wildman–Crippen MR) is 55.9 cm³/mol. The van der Waals surface area contributed by atoms with Gasteiger partial charge in [-0.1, -0.05) is 6.42 Å². The molecular formula is C12H10FNO3. The number of carboxylic acids is 1. The molecule has 1 aromatic carbocycles. The first-order valence-electron chi connectivity index (χ1n) is 5.18. The maximum Gasteiger partial charge on any atom is 0.314 e. The summed E-state index contributed by atoms with van der Waals surface area (Å²) in [4.78, 5) is 11.2. The molecule has 0 spiro atoms. The topological polar surface area (TPSA) is 81.3 Å². The lowest BCUT2D eigenvalue weighted by atomic mass is 9.64. The number of aromatic hydroxyl groups is 1. The molecule has 1 aromatic rings. The number of benzene rings is 1. The van der Waals surface area contributed by atoms with Gasteiger partial charge < -0.3 is 10.2 Å². The monoisotopic (exact) mass is 235 g/mol. The van der Waals surface area contributed by atoms with E-state index in [2.05, 4.69) is 0 Å². The molecular weight excluding hydrogens is 225 g/mol. The first-order valence-corrected chi connectivity index (χ1v) is 5.18. The number of hydrogen-bond donors (Lipinski definition) is 2. The van der Waals surface area contributed by atoms with Crippen LogP contribution in [0.4, 0.5) is 4.39 Å². The van der Waals surface area contributed by atoms with Gasteiger partial charge in [-0.25, -0.2) is 4.39 Å². The average molecular weight is 235 g/mol. The molecule has 1 saturated carbocycles. The van der Waals surface area contributed by atoms with Gasteiger partial charge in [0.25, 0.3) is 0 Å². The molecule has 88 valence electrons. The first-order chi connectivity index (χ1) is 8.01. The van der Waals surface area contributed by atoms with E-state index in [1.54, 1.807) is 6.07 Å². The van der Waals surface area contributed by atoms with Gasteiger partial charge in [-0.15, -0.1) is 0 Å². The maximum atomic E-state index is 13.4. The Hall–Kier alpha value is -2.09. The SMILES string of the molecule is N#Cc1cc(C2(C(=O)O)CCC2)cc(F)c1O. The van der Waals surface area contributed by atoms with E-state index in [0.29, 0.717) is 12.8 Å². The third-order valence-corrected chi connectivity index (χ3v) is 3.35. The smallest absolute Gasteiger partial charge is 0.314 e. The summed E-state index contributed by atoms with van der Waals surface area (Å²) in [5.41, 5.74) is -1.07. The second-order valence-electron chi connectivity index (χ2n) is 4.21. The molecule has 1 fully saturated rings. The summed E-state index contributed by atoms with van der Waals surface area (Å²) in [6, 6.07) is 3.91. The quantitative estimate of drug-likeness (QED) is 0.820. The van der Waals surface area contributed by atoms with Crippen molar-refractivity contribution < 1.29 is 19.4 Å². The van der Waals surface area contributed by atoms with Crippen molar-refractivity contribution in [3.63, 3.8) is 0 Å². The van der Waals surface area contributed by atoms with E-state index in [-0.39, 0.29) is 11.1 Å². The van der Waals surface area contributed by atoms with Crippen molar-refractivity contribution in [2.75, 3.05) is 0 Å². The highest BCUT2D eigenvalue weighted by Crippen LogP contribution is 2.45. The van der Waals surface area contributed by atoms with E-state index >= 15 is 0 Å². The number of nitrogens with zero attached hydrogens (tertiary/aromatic N) is 1. The Bertz CT molecular complexity index is 529. The molecule has 0 heterocycles. The third kappa shape index (κ3) is 1.53. The van der Waals surface area contributed by atoms with Crippen molar-refractivity contribution in [2.45, 2.75) is 24.7 Å². The van der Waals surface area contributed by atoms with Gasteiger partial charge in [-0.3, -0.25) is 4.79 Å². The molecule has 1 aliphatic rings. The Morgan fingerprint density at radius 1 is 1.47 bits per heavy atom. The molecule has 0 radical (unpaired) electrons. The van der Waals surface area contributed by atoms with Crippen LogP contribution in [-0.2, 0) is 10.2 Å². The number of hydrogen-bond acceptors (Lipinski definition) is 3. The van der Waals surface area contributed by atoms with Gasteiger partial charge >= 0.3 is 5.97 Å². The lowest BCUT2D eigenvalue weighted by Gasteiger charge is -2.38. The summed E-state index contributed by atoms with van der Waals surface area (Å²) in [6.07, 6.45) is 1.62. The van der Waals surface area contributed by atoms with E-state index < -0.39 is 23.0 Å². The molecule has 1 aliphatic carbocycles. The normalized spacial score (nSPS) is 16.9. The number of aliphatic carboxylic acids is 1. The molecule has 2 N–H and O–H groups in total. The Kier molecular flexibility index (Phi) is 2.50. The molecule has 0 saturated heterocycles. The van der Waals surface area contributed by atoms with Crippen LogP contribution < -0.4 is 0 Å². The summed E-state index contributed by atoms with van der Waals surface area (Å²) in [6.45, 7) is 0. The fourth-order valence-electron chi connectivity index (χ4n) is 2.12. The Labute approximate surface area is 96.9 Å². The largest absolute Gasteiger partial charge is 0.504 e. The van der Waals surface area contributed by atoms with Crippen LogP contribution in [-0.4, -0.2) is 16.2 Å². The van der Waals surface area contributed by atoms with E-state index in [9.17, 15) is 19.4 Å². The van der Waals surface area contributed by atoms with Crippen LogP contribution in [0.25, 0.3) is 0 Å². The van der Waals surface area contributed by atoms with Crippen molar-refractivity contribution in [1.29, 1.82) is 5.26 Å². The second kappa shape index (κ2) is 3.74. The molecule has 0 atom stereocenters. The van der Waals surface area contributed by atoms with Gasteiger partial charge in [0.05, 0.1) is 11.0 Å². The van der Waals surface area contributed by atoms with Crippen LogP contribution in [0, 0.1) is 17.1 Å². The zero-order valence-electron chi connectivity index (χ0n) is 8.90. The van der Waals surface area contributed by atoms with Crippen LogP contribution in [0.5, 0.6) is 5.75 Å². The Balaban J connectivity index is 2.57. The molecule has 17 heavy (non-hydrogen) atoms. The average Bonchev–Trinajstić information content (AvgIpc) is 2.20. The van der Waals surface area contributed by atoms with Gasteiger partial charge in [-0.2, -0.15) is 5.26 Å². The molecule has 0 aromatic heterocycles. The number of carbonyl (C=O) groups is 1. The molecule has 4 nitrogen and oxygen atoms in total. The molecule has 0 bridgehead atoms. The zero-order valence-corrected chi connectivity index (χ0v) is 8.90. The van der Waals surface area contributed by atoms with E-state index in [0.717, 1.165) is 12.5 Å². The lowest BCUT2D eigenvalue weighted by molar-refractivity contribution is -0.147. The second-order valence-corrected chi connectivity index (χ2v) is 4.21. The highest BCUT2D eigenvalue weighted by Gasteiger charge is 2.46. The maximum absolute atomic E-state index is 13.4. The van der Waals surface area contributed by atoms with Crippen LogP contribution in [0.2, 0.25) is 0 Å². The molecule has 5 heteroatoms. The minimum atomic E-state index is -1.10. The van der Waals surface area contributed by atoms with Gasteiger partial charge in [0, 0.05) is 0 Å². The number of nitriles is 1. The van der Waals surface area contributed by atoms with Crippen LogP contribution >= 0.6 is 0 Å². The summed E-state index contributed by atoms with van der Waals surface area (Å²) in [7, 11) is 0. The van der Waals surface area contributed by atoms with E-state index in [1.807, 2.05) is 0 Å². The summed E-state index contributed by atoms with van der Waals surface area (Å²) in [5, 5.41) is 27.2. The Morgan fingerprint density at radius 3 is 2.53 bits per heavy atom. The molecule has 0 unspecified atom stereocenters. The van der Waals surface area contributed by atoms with Gasteiger partial charge in [-0.05, 0) is 30.5 Å². The van der Waals surface area contributed by atoms with Crippen LogP contribution in [0.3, 0.4) is 0 Å². The number of carboxylic acid groups (broad SMARTS) is 1. The Morgan fingerprint density at radius 2 is 2.12 bits per heavy atom. The van der Waals surface area contributed by atoms with Gasteiger partial charge in [0.15, 0.2) is 11.6 Å². The third-order valence-electron chi connectivity index (χ3n) is 3.35. The first kappa shape index (κ1) is 11.4. The number of phenols is 1. The highest BCUT2D eigenvalue weighted by atomic mass is 19.1. The minimum absolute atomic E-state index is 0.229. The summed E-state index contributed by atoms with van der Waals surface area (Å²) >= 11 is 0. The fourth-order valence-corrected chi connectivity index (χ4v) is 2.12. The van der Waals surface area contributed by atoms with Crippen molar-refractivity contribution in [3.05, 3.63) is 29.1 Å². The van der Waals surface area contributed by atoms with Crippen molar-refractivity contribution in [3.8, 4) is 11.8 Å². The number of rotatable bonds is 2.